The lowest BCUT2D eigenvalue weighted by molar-refractivity contribution is -0.274. The molecule has 148 valence electrons. The second-order valence-electron chi connectivity index (χ2n) is 7.95. The van der Waals surface area contributed by atoms with Crippen molar-refractivity contribution >= 4 is 19.7 Å². The molecule has 0 aromatic heterocycles. The molecule has 0 heterocycles. The lowest BCUT2D eigenvalue weighted by atomic mass is 10.2. The van der Waals surface area contributed by atoms with E-state index in [1.54, 1.807) is 12.1 Å². The van der Waals surface area contributed by atoms with Gasteiger partial charge in [-0.2, -0.15) is 0 Å². The van der Waals surface area contributed by atoms with Crippen LogP contribution in [-0.4, -0.2) is 14.7 Å². The van der Waals surface area contributed by atoms with Gasteiger partial charge >= 0.3 is 6.36 Å². The molecule has 0 amide bonds. The molecule has 27 heavy (non-hydrogen) atoms. The lowest BCUT2D eigenvalue weighted by Crippen LogP contribution is -2.40. The molecule has 0 radical (unpaired) electrons. The van der Waals surface area contributed by atoms with Gasteiger partial charge in [0.2, 0.25) is 0 Å². The first-order valence-electron chi connectivity index (χ1n) is 8.71. The zero-order valence-corrected chi connectivity index (χ0v) is 17.3. The van der Waals surface area contributed by atoms with E-state index in [-0.39, 0.29) is 10.8 Å². The topological polar surface area (TPSA) is 30.5 Å². The molecule has 0 aliphatic heterocycles. The van der Waals surface area contributed by atoms with Crippen LogP contribution in [0.15, 0.2) is 48.5 Å². The number of ether oxygens (including phenoxy) is 1. The maximum Gasteiger partial charge on any atom is 0.573 e. The zero-order chi connectivity index (χ0) is 20.3. The average Bonchev–Trinajstić information content (AvgIpc) is 2.53. The fourth-order valence-corrected chi connectivity index (χ4v) is 3.09. The predicted octanol–water partition coefficient (Wildman–Crippen LogP) is 6.85. The highest BCUT2D eigenvalue weighted by Gasteiger charge is 2.37. The van der Waals surface area contributed by atoms with Crippen molar-refractivity contribution in [3.63, 3.8) is 0 Å². The summed E-state index contributed by atoms with van der Waals surface area (Å²) < 4.78 is 46.8. The Balaban J connectivity index is 2.01. The Morgan fingerprint density at radius 3 is 2.11 bits per heavy atom. The fraction of sp³-hybridized carbons (Fsp3) is 0.400. The van der Waals surface area contributed by atoms with Crippen LogP contribution in [0.25, 0.3) is 0 Å². The van der Waals surface area contributed by atoms with Crippen molar-refractivity contribution in [2.24, 2.45) is 0 Å². The van der Waals surface area contributed by atoms with Crippen molar-refractivity contribution in [1.29, 1.82) is 0 Å². The molecule has 7 heteroatoms. The van der Waals surface area contributed by atoms with Gasteiger partial charge < -0.3 is 14.5 Å². The van der Waals surface area contributed by atoms with Crippen LogP contribution in [0, 0.1) is 0 Å². The summed E-state index contributed by atoms with van der Waals surface area (Å²) in [4.78, 5) is 0. The Morgan fingerprint density at radius 2 is 1.56 bits per heavy atom. The molecule has 0 atom stereocenters. The van der Waals surface area contributed by atoms with Gasteiger partial charge in [0.1, 0.15) is 5.75 Å². The Kier molecular flexibility index (Phi) is 6.27. The highest BCUT2D eigenvalue weighted by molar-refractivity contribution is 6.74. The minimum absolute atomic E-state index is 0.142. The van der Waals surface area contributed by atoms with E-state index < -0.39 is 14.7 Å². The first kappa shape index (κ1) is 21.3. The van der Waals surface area contributed by atoms with E-state index in [4.69, 9.17) is 4.43 Å². The third-order valence-electron chi connectivity index (χ3n) is 4.71. The van der Waals surface area contributed by atoms with Gasteiger partial charge in [-0.25, -0.2) is 0 Å². The molecular weight excluding hydrogens is 371 g/mol. The summed E-state index contributed by atoms with van der Waals surface area (Å²) >= 11 is 0. The van der Waals surface area contributed by atoms with Crippen LogP contribution in [0.4, 0.5) is 24.5 Å². The molecule has 0 bridgehead atoms. The molecule has 0 fully saturated rings. The third kappa shape index (κ3) is 6.59. The second kappa shape index (κ2) is 7.94. The summed E-state index contributed by atoms with van der Waals surface area (Å²) in [6.07, 6.45) is -4.69. The van der Waals surface area contributed by atoms with Gasteiger partial charge in [0.25, 0.3) is 0 Å². The normalized spacial score (nSPS) is 12.7. The van der Waals surface area contributed by atoms with Crippen molar-refractivity contribution in [2.75, 3.05) is 5.32 Å². The monoisotopic (exact) mass is 397 g/mol. The number of benzene rings is 2. The van der Waals surface area contributed by atoms with Crippen LogP contribution in [0.3, 0.4) is 0 Å². The number of rotatable bonds is 6. The quantitative estimate of drug-likeness (QED) is 0.541. The molecular formula is C20H26F3NO2Si. The van der Waals surface area contributed by atoms with Crippen molar-refractivity contribution in [2.45, 2.75) is 51.9 Å². The first-order chi connectivity index (χ1) is 12.4. The summed E-state index contributed by atoms with van der Waals surface area (Å²) in [7, 11) is -1.83. The van der Waals surface area contributed by atoms with E-state index in [0.29, 0.717) is 12.3 Å². The molecule has 2 aromatic rings. The number of hydrogen-bond donors (Lipinski definition) is 1. The Bertz CT molecular complexity index is 753. The van der Waals surface area contributed by atoms with E-state index in [9.17, 15) is 13.2 Å². The molecule has 0 aliphatic carbocycles. The first-order valence-corrected chi connectivity index (χ1v) is 11.6. The molecule has 0 spiro atoms. The Hall–Kier alpha value is -1.99. The predicted molar refractivity (Wildman–Crippen MR) is 105 cm³/mol. The number of nitrogens with one attached hydrogen (secondary N) is 1. The summed E-state index contributed by atoms with van der Waals surface area (Å²) in [5.74, 6) is -0.246. The summed E-state index contributed by atoms with van der Waals surface area (Å²) in [6, 6.07) is 13.4. The van der Waals surface area contributed by atoms with Crippen LogP contribution in [0.1, 0.15) is 26.3 Å². The van der Waals surface area contributed by atoms with E-state index >= 15 is 0 Å². The largest absolute Gasteiger partial charge is 0.573 e. The maximum atomic E-state index is 12.2. The van der Waals surface area contributed by atoms with Crippen LogP contribution < -0.4 is 10.1 Å². The van der Waals surface area contributed by atoms with Crippen LogP contribution in [-0.2, 0) is 11.0 Å². The number of anilines is 2. The zero-order valence-electron chi connectivity index (χ0n) is 16.3. The van der Waals surface area contributed by atoms with Crippen molar-refractivity contribution in [3.05, 3.63) is 54.1 Å². The number of halogens is 3. The Morgan fingerprint density at radius 1 is 0.926 bits per heavy atom. The Labute approximate surface area is 159 Å². The standard InChI is InChI=1S/C20H26F3NO2Si/c1-19(2,3)27(4,5)25-14-15-7-6-8-17(13-15)24-16-9-11-18(12-10-16)26-20(21,22)23/h6-13,24H,14H2,1-5H3. The molecule has 1 N–H and O–H groups in total. The van der Waals surface area contributed by atoms with Gasteiger partial charge in [-0.1, -0.05) is 32.9 Å². The number of hydrogen-bond acceptors (Lipinski definition) is 3. The van der Waals surface area contributed by atoms with Crippen molar-refractivity contribution in [3.8, 4) is 5.75 Å². The van der Waals surface area contributed by atoms with Gasteiger partial charge in [0.05, 0.1) is 6.61 Å². The summed E-state index contributed by atoms with van der Waals surface area (Å²) in [5.41, 5.74) is 2.56. The van der Waals surface area contributed by atoms with Gasteiger partial charge in [0, 0.05) is 11.4 Å². The SMILES string of the molecule is CC(C)(C)[Si](C)(C)OCc1cccc(Nc2ccc(OC(F)(F)F)cc2)c1. The van der Waals surface area contributed by atoms with Crippen molar-refractivity contribution < 1.29 is 22.3 Å². The molecule has 2 aromatic carbocycles. The van der Waals surface area contributed by atoms with E-state index in [0.717, 1.165) is 11.3 Å². The second-order valence-corrected chi connectivity index (χ2v) is 12.8. The highest BCUT2D eigenvalue weighted by Crippen LogP contribution is 2.37. The third-order valence-corrected chi connectivity index (χ3v) is 9.19. The fourth-order valence-electron chi connectivity index (χ4n) is 2.13. The van der Waals surface area contributed by atoms with Gasteiger partial charge in [0.15, 0.2) is 8.32 Å². The minimum atomic E-state index is -4.69. The minimum Gasteiger partial charge on any atom is -0.413 e. The van der Waals surface area contributed by atoms with Crippen LogP contribution >= 0.6 is 0 Å². The molecule has 0 saturated carbocycles. The molecule has 0 aliphatic rings. The average molecular weight is 398 g/mol. The smallest absolute Gasteiger partial charge is 0.413 e. The molecule has 2 rings (SSSR count). The highest BCUT2D eigenvalue weighted by atomic mass is 28.4. The molecule has 3 nitrogen and oxygen atoms in total. The molecule has 0 saturated heterocycles. The van der Waals surface area contributed by atoms with Gasteiger partial charge in [-0.3, -0.25) is 0 Å². The van der Waals surface area contributed by atoms with Crippen LogP contribution in [0.5, 0.6) is 5.75 Å². The van der Waals surface area contributed by atoms with Crippen molar-refractivity contribution in [1.82, 2.24) is 0 Å². The maximum absolute atomic E-state index is 12.2. The van der Waals surface area contributed by atoms with Crippen LogP contribution in [0.2, 0.25) is 18.1 Å². The van der Waals surface area contributed by atoms with Gasteiger partial charge in [-0.05, 0) is 60.1 Å². The van der Waals surface area contributed by atoms with Gasteiger partial charge in [-0.15, -0.1) is 13.2 Å². The number of alkyl halides is 3. The molecule has 0 unspecified atom stereocenters. The lowest BCUT2D eigenvalue weighted by Gasteiger charge is -2.36. The summed E-state index contributed by atoms with van der Waals surface area (Å²) in [6.45, 7) is 11.5. The summed E-state index contributed by atoms with van der Waals surface area (Å²) in [5, 5.41) is 3.32. The van der Waals surface area contributed by atoms with E-state index in [2.05, 4.69) is 43.9 Å². The van der Waals surface area contributed by atoms with E-state index in [1.165, 1.54) is 12.1 Å². The van der Waals surface area contributed by atoms with E-state index in [1.807, 2.05) is 24.3 Å².